The van der Waals surface area contributed by atoms with Gasteiger partial charge in [-0.05, 0) is 17.7 Å². The molecule has 0 amide bonds. The molecule has 0 spiro atoms. The topological polar surface area (TPSA) is 107 Å². The van der Waals surface area contributed by atoms with E-state index in [0.29, 0.717) is 5.56 Å². The molecule has 4 N–H and O–H groups in total. The zero-order valence-electron chi connectivity index (χ0n) is 14.4. The van der Waals surface area contributed by atoms with Crippen LogP contribution in [0.15, 0.2) is 43.0 Å². The summed E-state index contributed by atoms with van der Waals surface area (Å²) in [4.78, 5) is 12.7. The molecule has 2 aromatic rings. The van der Waals surface area contributed by atoms with Crippen molar-refractivity contribution in [2.24, 2.45) is 0 Å². The molecule has 1 heterocycles. The predicted octanol–water partition coefficient (Wildman–Crippen LogP) is 2.94. The lowest BCUT2D eigenvalue weighted by molar-refractivity contribution is 0.0210. The average molecular weight is 356 g/mol. The van der Waals surface area contributed by atoms with Crippen LogP contribution in [0.25, 0.3) is 0 Å². The van der Waals surface area contributed by atoms with Gasteiger partial charge in [-0.25, -0.2) is 0 Å². The first kappa shape index (κ1) is 17.8. The number of hydrogen-bond donors (Lipinski definition) is 4. The van der Waals surface area contributed by atoms with Crippen molar-refractivity contribution in [1.29, 1.82) is 0 Å². The van der Waals surface area contributed by atoms with Crippen molar-refractivity contribution in [3.05, 3.63) is 59.7 Å². The lowest BCUT2D eigenvalue weighted by Gasteiger charge is -2.32. The van der Waals surface area contributed by atoms with Gasteiger partial charge >= 0.3 is 0 Å². The van der Waals surface area contributed by atoms with E-state index in [9.17, 15) is 25.2 Å². The number of ketones is 1. The van der Waals surface area contributed by atoms with Gasteiger partial charge < -0.3 is 25.2 Å². The van der Waals surface area contributed by atoms with Gasteiger partial charge in [0.05, 0.1) is 0 Å². The van der Waals surface area contributed by atoms with Crippen LogP contribution in [-0.2, 0) is 5.41 Å². The second-order valence-corrected chi connectivity index (χ2v) is 6.86. The van der Waals surface area contributed by atoms with Crippen LogP contribution >= 0.6 is 0 Å². The molecule has 0 fully saturated rings. The molecule has 0 aliphatic carbocycles. The van der Waals surface area contributed by atoms with E-state index in [1.54, 1.807) is 13.8 Å². The molecular weight excluding hydrogens is 336 g/mol. The third-order valence-electron chi connectivity index (χ3n) is 4.68. The van der Waals surface area contributed by atoms with Crippen molar-refractivity contribution < 1.29 is 30.0 Å². The molecule has 0 aromatic heterocycles. The van der Waals surface area contributed by atoms with Crippen molar-refractivity contribution >= 4 is 5.78 Å². The third kappa shape index (κ3) is 2.68. The summed E-state index contributed by atoms with van der Waals surface area (Å²) in [7, 11) is 0. The number of hydrogen-bond acceptors (Lipinski definition) is 6. The Labute approximate surface area is 150 Å². The van der Waals surface area contributed by atoms with Gasteiger partial charge in [-0.15, -0.1) is 6.58 Å². The summed E-state index contributed by atoms with van der Waals surface area (Å²) in [5, 5.41) is 40.8. The van der Waals surface area contributed by atoms with Crippen molar-refractivity contribution in [1.82, 2.24) is 0 Å². The van der Waals surface area contributed by atoms with Crippen molar-refractivity contribution in [2.75, 3.05) is 0 Å². The van der Waals surface area contributed by atoms with Gasteiger partial charge in [0.2, 0.25) is 5.78 Å². The molecule has 0 saturated heterocycles. The van der Waals surface area contributed by atoms with Crippen LogP contribution in [0.5, 0.6) is 23.0 Å². The van der Waals surface area contributed by atoms with Crippen molar-refractivity contribution in [3.63, 3.8) is 0 Å². The number of allylic oxidation sites excluding steroid dienone is 1. The van der Waals surface area contributed by atoms with E-state index < -0.39 is 29.2 Å². The normalized spacial score (nSPS) is 19.6. The van der Waals surface area contributed by atoms with Crippen LogP contribution in [0.3, 0.4) is 0 Å². The maximum absolute atomic E-state index is 12.7. The van der Waals surface area contributed by atoms with Gasteiger partial charge in [0.25, 0.3) is 0 Å². The molecule has 6 nitrogen and oxygen atoms in total. The molecule has 1 aliphatic rings. The zero-order chi connectivity index (χ0) is 19.2. The number of rotatable bonds is 3. The lowest BCUT2D eigenvalue weighted by Crippen LogP contribution is -2.36. The highest BCUT2D eigenvalue weighted by molar-refractivity contribution is 6.06. The number of carbonyl (C=O) groups is 1. The summed E-state index contributed by atoms with van der Waals surface area (Å²) in [6, 6.07) is 7.13. The minimum absolute atomic E-state index is 0.0167. The van der Waals surface area contributed by atoms with E-state index in [4.69, 9.17) is 4.74 Å². The van der Waals surface area contributed by atoms with E-state index in [-0.39, 0.29) is 28.4 Å². The Kier molecular flexibility index (Phi) is 4.16. The second-order valence-electron chi connectivity index (χ2n) is 6.86. The summed E-state index contributed by atoms with van der Waals surface area (Å²) < 4.78 is 5.71. The number of ether oxygens (including phenoxy) is 1. The highest BCUT2D eigenvalue weighted by Gasteiger charge is 2.41. The number of aromatic hydroxyl groups is 3. The molecule has 26 heavy (non-hydrogen) atoms. The van der Waals surface area contributed by atoms with E-state index in [1.165, 1.54) is 36.4 Å². The van der Waals surface area contributed by atoms with Crippen molar-refractivity contribution in [2.45, 2.75) is 31.5 Å². The summed E-state index contributed by atoms with van der Waals surface area (Å²) in [5.74, 6) is -1.35. The standard InChI is InChI=1S/C20H20O6/c1-4-20(2,3)15-12(22)9-13-14(16(15)23)17(24)18(25)19(26-13)10-5-7-11(21)8-6-10/h4-9,18-19,21-23,25H,1H2,2-3H3/t18-,19+/m0/s1. The molecule has 0 saturated carbocycles. The van der Waals surface area contributed by atoms with Crippen molar-refractivity contribution in [3.8, 4) is 23.0 Å². The third-order valence-corrected chi connectivity index (χ3v) is 4.68. The minimum Gasteiger partial charge on any atom is -0.508 e. The zero-order valence-corrected chi connectivity index (χ0v) is 14.4. The Hall–Kier alpha value is -2.99. The number of aliphatic hydroxyl groups excluding tert-OH is 1. The van der Waals surface area contributed by atoms with Gasteiger partial charge in [-0.2, -0.15) is 0 Å². The first-order valence-electron chi connectivity index (χ1n) is 8.08. The Balaban J connectivity index is 2.14. The summed E-state index contributed by atoms with van der Waals surface area (Å²) in [5.41, 5.74) is -0.361. The van der Waals surface area contributed by atoms with Gasteiger partial charge in [0, 0.05) is 17.0 Å². The van der Waals surface area contributed by atoms with E-state index in [1.807, 2.05) is 0 Å². The van der Waals surface area contributed by atoms with Crippen LogP contribution in [0.1, 0.15) is 41.4 Å². The van der Waals surface area contributed by atoms with Crippen LogP contribution < -0.4 is 4.74 Å². The number of Topliss-reactive ketones (excluding diaryl/α,β-unsaturated/α-hetero) is 1. The minimum atomic E-state index is -1.54. The fraction of sp³-hybridized carbons (Fsp3) is 0.250. The van der Waals surface area contributed by atoms with Gasteiger partial charge in [0.15, 0.2) is 12.2 Å². The largest absolute Gasteiger partial charge is 0.508 e. The Bertz CT molecular complexity index is 882. The summed E-state index contributed by atoms with van der Waals surface area (Å²) in [6.45, 7) is 7.14. The number of fused-ring (bicyclic) bond motifs is 1. The molecular formula is C20H20O6. The first-order valence-corrected chi connectivity index (χ1v) is 8.08. The Morgan fingerprint density at radius 3 is 2.35 bits per heavy atom. The molecule has 2 atom stereocenters. The van der Waals surface area contributed by atoms with Crippen LogP contribution in [-0.4, -0.2) is 32.3 Å². The summed E-state index contributed by atoms with van der Waals surface area (Å²) >= 11 is 0. The SMILES string of the molecule is C=CC(C)(C)c1c(O)cc2c(c1O)C(=O)[C@H](O)[C@@H](c1ccc(O)cc1)O2. The Morgan fingerprint density at radius 2 is 1.77 bits per heavy atom. The molecule has 136 valence electrons. The summed E-state index contributed by atoms with van der Waals surface area (Å²) in [6.07, 6.45) is -1.02. The van der Waals surface area contributed by atoms with Gasteiger partial charge in [-0.1, -0.05) is 32.1 Å². The molecule has 6 heteroatoms. The molecule has 0 unspecified atom stereocenters. The predicted molar refractivity (Wildman–Crippen MR) is 94.8 cm³/mol. The molecule has 2 aromatic carbocycles. The fourth-order valence-corrected chi connectivity index (χ4v) is 3.10. The maximum Gasteiger partial charge on any atom is 0.202 e. The van der Waals surface area contributed by atoms with E-state index >= 15 is 0 Å². The number of phenolic OH excluding ortho intramolecular Hbond substituents is 3. The number of aliphatic hydroxyl groups is 1. The smallest absolute Gasteiger partial charge is 0.202 e. The molecule has 0 radical (unpaired) electrons. The van der Waals surface area contributed by atoms with Gasteiger partial charge in [0.1, 0.15) is 28.6 Å². The highest BCUT2D eigenvalue weighted by Crippen LogP contribution is 2.48. The maximum atomic E-state index is 12.7. The molecule has 3 rings (SSSR count). The average Bonchev–Trinajstić information content (AvgIpc) is 2.58. The number of phenols is 3. The number of carbonyl (C=O) groups excluding carboxylic acids is 1. The van der Waals surface area contributed by atoms with Crippen LogP contribution in [0, 0.1) is 0 Å². The number of benzene rings is 2. The highest BCUT2D eigenvalue weighted by atomic mass is 16.5. The second kappa shape index (κ2) is 6.07. The Morgan fingerprint density at radius 1 is 1.15 bits per heavy atom. The van der Waals surface area contributed by atoms with Gasteiger partial charge in [-0.3, -0.25) is 4.79 Å². The lowest BCUT2D eigenvalue weighted by atomic mass is 9.80. The van der Waals surface area contributed by atoms with E-state index in [0.717, 1.165) is 0 Å². The first-order chi connectivity index (χ1) is 12.2. The van der Waals surface area contributed by atoms with Crippen LogP contribution in [0.2, 0.25) is 0 Å². The molecule has 1 aliphatic heterocycles. The van der Waals surface area contributed by atoms with Crippen LogP contribution in [0.4, 0.5) is 0 Å². The molecule has 0 bridgehead atoms. The van der Waals surface area contributed by atoms with E-state index in [2.05, 4.69) is 6.58 Å². The monoisotopic (exact) mass is 356 g/mol. The fourth-order valence-electron chi connectivity index (χ4n) is 3.10. The quantitative estimate of drug-likeness (QED) is 0.630.